The van der Waals surface area contributed by atoms with E-state index in [4.69, 9.17) is 0 Å². The van der Waals surface area contributed by atoms with Gasteiger partial charge in [-0.15, -0.1) is 37.2 Å². The number of rotatable bonds is 8. The summed E-state index contributed by atoms with van der Waals surface area (Å²) in [5.74, 6) is -2.09. The van der Waals surface area contributed by atoms with E-state index in [1.165, 1.54) is 56.9 Å². The fourth-order valence-electron chi connectivity index (χ4n) is 4.76. The number of nitrogens with zero attached hydrogens (tertiary/aromatic N) is 2. The monoisotopic (exact) mass is 550 g/mol. The van der Waals surface area contributed by atoms with Gasteiger partial charge in [0, 0.05) is 36.6 Å². The molecule has 2 aliphatic heterocycles. The summed E-state index contributed by atoms with van der Waals surface area (Å²) in [5.41, 5.74) is 3.40. The van der Waals surface area contributed by atoms with E-state index in [1.807, 2.05) is 13.0 Å². The van der Waals surface area contributed by atoms with E-state index in [9.17, 15) is 13.6 Å². The maximum absolute atomic E-state index is 13.3. The highest BCUT2D eigenvalue weighted by Crippen LogP contribution is 2.24. The summed E-state index contributed by atoms with van der Waals surface area (Å²) in [5, 5.41) is 5.71. The van der Waals surface area contributed by atoms with Gasteiger partial charge in [0.05, 0.1) is 6.54 Å². The number of amides is 1. The lowest BCUT2D eigenvalue weighted by Crippen LogP contribution is -2.38. The predicted octanol–water partition coefficient (Wildman–Crippen LogP) is 5.65. The normalized spacial score (nSPS) is 17.7. The molecule has 2 aliphatic rings. The second kappa shape index (κ2) is 14.8. The summed E-state index contributed by atoms with van der Waals surface area (Å²) in [7, 11) is 0. The van der Waals surface area contributed by atoms with Crippen LogP contribution in [0.15, 0.2) is 36.4 Å². The molecule has 0 aliphatic carbocycles. The van der Waals surface area contributed by atoms with E-state index in [1.54, 1.807) is 0 Å². The smallest absolute Gasteiger partial charge is 0.243 e. The summed E-state index contributed by atoms with van der Waals surface area (Å²) in [4.78, 5) is 17.5. The SMILES string of the molecule is Cc1cc(CN2CCC[C@H]2CN2CCCC2)ccc1NC(=O)CNc1ccc(F)c(F)c1.Cl.Cl.Cl. The third-order valence-electron chi connectivity index (χ3n) is 6.49. The molecule has 0 radical (unpaired) electrons. The molecule has 0 bridgehead atoms. The second-order valence-electron chi connectivity index (χ2n) is 8.95. The summed E-state index contributed by atoms with van der Waals surface area (Å²) in [6.45, 7) is 7.70. The van der Waals surface area contributed by atoms with Crippen molar-refractivity contribution in [3.63, 3.8) is 0 Å². The van der Waals surface area contributed by atoms with Gasteiger partial charge in [0.25, 0.3) is 0 Å². The van der Waals surface area contributed by atoms with Crippen molar-refractivity contribution in [3.05, 3.63) is 59.2 Å². The summed E-state index contributed by atoms with van der Waals surface area (Å²) < 4.78 is 26.3. The first-order chi connectivity index (χ1) is 15.5. The molecule has 2 N–H and O–H groups in total. The van der Waals surface area contributed by atoms with Gasteiger partial charge in [0.15, 0.2) is 11.6 Å². The van der Waals surface area contributed by atoms with Crippen LogP contribution in [0.3, 0.4) is 0 Å². The Morgan fingerprint density at radius 3 is 2.40 bits per heavy atom. The Bertz CT molecular complexity index is 960. The van der Waals surface area contributed by atoms with Crippen molar-refractivity contribution in [2.75, 3.05) is 43.4 Å². The van der Waals surface area contributed by atoms with Gasteiger partial charge in [0.1, 0.15) is 0 Å². The first-order valence-electron chi connectivity index (χ1n) is 11.5. The standard InChI is InChI=1S/C25H32F2N4O.3ClH/c1-18-13-19(16-31-12-4-5-21(31)17-30-10-2-3-11-30)6-9-24(18)29-25(32)15-28-20-7-8-22(26)23(27)14-20;;;/h6-9,13-14,21,28H,2-5,10-12,15-17H2,1H3,(H,29,32);3*1H/t21-;;;/m0.../s1. The predicted molar refractivity (Wildman–Crippen MR) is 146 cm³/mol. The van der Waals surface area contributed by atoms with Crippen LogP contribution in [0.2, 0.25) is 0 Å². The molecule has 1 amide bonds. The Kier molecular flexibility index (Phi) is 13.3. The average molecular weight is 552 g/mol. The molecule has 0 aromatic heterocycles. The Morgan fingerprint density at radius 1 is 0.971 bits per heavy atom. The lowest BCUT2D eigenvalue weighted by Gasteiger charge is -2.28. The Balaban J connectivity index is 0.00000204. The van der Waals surface area contributed by atoms with Gasteiger partial charge < -0.3 is 15.5 Å². The Morgan fingerprint density at radius 2 is 1.71 bits per heavy atom. The number of carbonyl (C=O) groups excluding carboxylic acids is 1. The molecule has 2 aromatic carbocycles. The van der Waals surface area contributed by atoms with Crippen LogP contribution in [-0.4, -0.2) is 54.5 Å². The molecular weight excluding hydrogens is 517 g/mol. The van der Waals surface area contributed by atoms with E-state index in [0.29, 0.717) is 11.7 Å². The number of nitrogens with one attached hydrogen (secondary N) is 2. The molecule has 0 saturated carbocycles. The lowest BCUT2D eigenvalue weighted by molar-refractivity contribution is -0.114. The first kappa shape index (κ1) is 31.4. The van der Waals surface area contributed by atoms with Crippen LogP contribution in [0.4, 0.5) is 20.2 Å². The van der Waals surface area contributed by atoms with E-state index < -0.39 is 11.6 Å². The number of halogens is 5. The lowest BCUT2D eigenvalue weighted by atomic mass is 10.1. The first-order valence-corrected chi connectivity index (χ1v) is 11.5. The van der Waals surface area contributed by atoms with Crippen molar-refractivity contribution in [3.8, 4) is 0 Å². The van der Waals surface area contributed by atoms with Crippen molar-refractivity contribution in [2.45, 2.75) is 45.2 Å². The third-order valence-corrected chi connectivity index (χ3v) is 6.49. The van der Waals surface area contributed by atoms with Crippen LogP contribution < -0.4 is 10.6 Å². The number of likely N-dealkylation sites (tertiary alicyclic amines) is 2. The van der Waals surface area contributed by atoms with E-state index in [-0.39, 0.29) is 49.7 Å². The Hall–Kier alpha value is -1.64. The van der Waals surface area contributed by atoms with Crippen LogP contribution >= 0.6 is 37.2 Å². The minimum atomic E-state index is -0.942. The fraction of sp³-hybridized carbons (Fsp3) is 0.480. The Labute approximate surface area is 225 Å². The molecular formula is C25H35Cl3F2N4O. The maximum atomic E-state index is 13.3. The summed E-state index contributed by atoms with van der Waals surface area (Å²) in [6, 6.07) is 10.3. The van der Waals surface area contributed by atoms with Gasteiger partial charge in [-0.1, -0.05) is 12.1 Å². The number of anilines is 2. The van der Waals surface area contributed by atoms with Crippen LogP contribution in [0.5, 0.6) is 0 Å². The number of carbonyl (C=O) groups is 1. The number of hydrogen-bond acceptors (Lipinski definition) is 4. The molecule has 5 nitrogen and oxygen atoms in total. The van der Waals surface area contributed by atoms with Gasteiger partial charge in [-0.3, -0.25) is 9.69 Å². The number of hydrogen-bond donors (Lipinski definition) is 2. The molecule has 2 heterocycles. The second-order valence-corrected chi connectivity index (χ2v) is 8.95. The van der Waals surface area contributed by atoms with Crippen LogP contribution in [-0.2, 0) is 11.3 Å². The third kappa shape index (κ3) is 8.76. The van der Waals surface area contributed by atoms with Crippen molar-refractivity contribution in [1.82, 2.24) is 9.80 Å². The molecule has 0 spiro atoms. The van der Waals surface area contributed by atoms with Crippen molar-refractivity contribution in [2.24, 2.45) is 0 Å². The van der Waals surface area contributed by atoms with Crippen LogP contribution in [0.1, 0.15) is 36.8 Å². The highest BCUT2D eigenvalue weighted by Gasteiger charge is 2.27. The zero-order valence-corrected chi connectivity index (χ0v) is 22.3. The molecule has 1 atom stereocenters. The minimum Gasteiger partial charge on any atom is -0.376 e. The number of aryl methyl sites for hydroxylation is 1. The van der Waals surface area contributed by atoms with Gasteiger partial charge >= 0.3 is 0 Å². The topological polar surface area (TPSA) is 47.6 Å². The van der Waals surface area contributed by atoms with Gasteiger partial charge in [-0.2, -0.15) is 0 Å². The maximum Gasteiger partial charge on any atom is 0.243 e. The molecule has 4 rings (SSSR count). The van der Waals surface area contributed by atoms with Crippen molar-refractivity contribution in [1.29, 1.82) is 0 Å². The summed E-state index contributed by atoms with van der Waals surface area (Å²) >= 11 is 0. The van der Waals surface area contributed by atoms with E-state index in [0.717, 1.165) is 36.5 Å². The molecule has 2 saturated heterocycles. The van der Waals surface area contributed by atoms with Crippen molar-refractivity contribution < 1.29 is 13.6 Å². The highest BCUT2D eigenvalue weighted by atomic mass is 35.5. The fourth-order valence-corrected chi connectivity index (χ4v) is 4.76. The van der Waals surface area contributed by atoms with Crippen LogP contribution in [0.25, 0.3) is 0 Å². The van der Waals surface area contributed by atoms with Crippen molar-refractivity contribution >= 4 is 54.5 Å². The number of benzene rings is 2. The molecule has 2 aromatic rings. The van der Waals surface area contributed by atoms with Gasteiger partial charge in [-0.05, 0) is 81.6 Å². The molecule has 196 valence electrons. The molecule has 10 heteroatoms. The largest absolute Gasteiger partial charge is 0.376 e. The molecule has 2 fully saturated rings. The minimum absolute atomic E-state index is 0. The zero-order valence-electron chi connectivity index (χ0n) is 19.9. The zero-order chi connectivity index (χ0) is 22.5. The average Bonchev–Trinajstić information content (AvgIpc) is 3.44. The quantitative estimate of drug-likeness (QED) is 0.445. The highest BCUT2D eigenvalue weighted by molar-refractivity contribution is 5.94. The van der Waals surface area contributed by atoms with E-state index >= 15 is 0 Å². The molecule has 0 unspecified atom stereocenters. The van der Waals surface area contributed by atoms with E-state index in [2.05, 4.69) is 32.6 Å². The van der Waals surface area contributed by atoms with Gasteiger partial charge in [-0.25, -0.2) is 8.78 Å². The summed E-state index contributed by atoms with van der Waals surface area (Å²) in [6.07, 6.45) is 5.19. The van der Waals surface area contributed by atoms with Crippen LogP contribution in [0, 0.1) is 18.6 Å². The van der Waals surface area contributed by atoms with Gasteiger partial charge in [0.2, 0.25) is 5.91 Å². The molecule has 35 heavy (non-hydrogen) atoms.